The molecule has 9 rings (SSSR count). The van der Waals surface area contributed by atoms with Crippen LogP contribution in [0.4, 0.5) is 11.4 Å². The second-order valence-corrected chi connectivity index (χ2v) is 13.7. The topological polar surface area (TPSA) is 34.2 Å². The van der Waals surface area contributed by atoms with E-state index in [9.17, 15) is 0 Å². The second-order valence-electron chi connectivity index (χ2n) is 13.7. The third-order valence-corrected chi connectivity index (χ3v) is 10.8. The van der Waals surface area contributed by atoms with Crippen LogP contribution in [-0.4, -0.2) is 52.6 Å². The summed E-state index contributed by atoms with van der Waals surface area (Å²) in [7, 11) is 0. The molecule has 5 nitrogen and oxygen atoms in total. The first-order valence-electron chi connectivity index (χ1n) is 17.0. The van der Waals surface area contributed by atoms with E-state index in [0.717, 1.165) is 74.9 Å². The Kier molecular flexibility index (Phi) is 6.70. The van der Waals surface area contributed by atoms with Gasteiger partial charge in [0.25, 0.3) is 0 Å². The Bertz CT molecular complexity index is 2000. The van der Waals surface area contributed by atoms with Gasteiger partial charge in [-0.3, -0.25) is 0 Å². The van der Waals surface area contributed by atoms with Crippen molar-refractivity contribution in [2.75, 3.05) is 62.4 Å². The third-order valence-electron chi connectivity index (χ3n) is 10.8. The Morgan fingerprint density at radius 3 is 1.96 bits per heavy atom. The van der Waals surface area contributed by atoms with Crippen LogP contribution in [0.5, 0.6) is 5.75 Å². The molecular formula is C42H40N2O3. The maximum absolute atomic E-state index is 7.59. The first-order chi connectivity index (χ1) is 23.0. The highest BCUT2D eigenvalue weighted by atomic mass is 16.5. The second kappa shape index (κ2) is 11.0. The molecule has 5 aromatic carbocycles. The van der Waals surface area contributed by atoms with Crippen molar-refractivity contribution < 1.29 is 14.2 Å². The van der Waals surface area contributed by atoms with E-state index >= 15 is 0 Å². The van der Waals surface area contributed by atoms with E-state index in [1.165, 1.54) is 44.6 Å². The van der Waals surface area contributed by atoms with Gasteiger partial charge in [-0.1, -0.05) is 92.7 Å². The van der Waals surface area contributed by atoms with Gasteiger partial charge in [0.05, 0.1) is 26.4 Å². The maximum Gasteiger partial charge on any atom is 0.178 e. The van der Waals surface area contributed by atoms with E-state index in [2.05, 4.69) is 133 Å². The average molecular weight is 621 g/mol. The monoisotopic (exact) mass is 620 g/mol. The molecule has 0 bridgehead atoms. The molecule has 2 saturated heterocycles. The summed E-state index contributed by atoms with van der Waals surface area (Å²) < 4.78 is 18.9. The predicted octanol–water partition coefficient (Wildman–Crippen LogP) is 8.17. The van der Waals surface area contributed by atoms with Gasteiger partial charge in [-0.2, -0.15) is 0 Å². The van der Waals surface area contributed by atoms with Crippen LogP contribution in [-0.2, 0) is 20.5 Å². The number of morpholine rings is 2. The summed E-state index contributed by atoms with van der Waals surface area (Å²) in [6.07, 6.45) is 4.65. The standard InChI is InChI=1S/C42H40N2O3/c1-41(2)37-11-7-6-10-34(37)38-33-17-16-32(44-22-26-46-27-23-44)28-36(33)40-35(39(38)41)18-19-42(47-40,29-8-4-3-5-9-29)30-12-14-31(15-13-30)43-20-24-45-25-21-43/h3-19,28H,20-27H2,1-2H3. The minimum absolute atomic E-state index is 0.173. The van der Waals surface area contributed by atoms with Crippen molar-refractivity contribution >= 4 is 28.2 Å². The lowest BCUT2D eigenvalue weighted by Gasteiger charge is -2.39. The van der Waals surface area contributed by atoms with Crippen LogP contribution >= 0.6 is 0 Å². The van der Waals surface area contributed by atoms with Crippen molar-refractivity contribution in [3.8, 4) is 16.9 Å². The zero-order valence-corrected chi connectivity index (χ0v) is 27.2. The average Bonchev–Trinajstić information content (AvgIpc) is 3.39. The molecule has 5 aromatic rings. The molecule has 1 atom stereocenters. The Balaban J connectivity index is 1.27. The van der Waals surface area contributed by atoms with Gasteiger partial charge in [0.15, 0.2) is 5.60 Å². The van der Waals surface area contributed by atoms with Crippen LogP contribution in [0, 0.1) is 0 Å². The van der Waals surface area contributed by atoms with Gasteiger partial charge in [-0.15, -0.1) is 0 Å². The van der Waals surface area contributed by atoms with Gasteiger partial charge in [0.1, 0.15) is 5.75 Å². The molecule has 5 heteroatoms. The summed E-state index contributed by atoms with van der Waals surface area (Å²) in [4.78, 5) is 4.84. The lowest BCUT2D eigenvalue weighted by Crippen LogP contribution is -2.37. The van der Waals surface area contributed by atoms with Gasteiger partial charge in [0.2, 0.25) is 0 Å². The highest BCUT2D eigenvalue weighted by molar-refractivity contribution is 6.09. The molecule has 236 valence electrons. The smallest absolute Gasteiger partial charge is 0.178 e. The van der Waals surface area contributed by atoms with Crippen LogP contribution in [0.3, 0.4) is 0 Å². The van der Waals surface area contributed by atoms with Crippen molar-refractivity contribution in [1.29, 1.82) is 0 Å². The van der Waals surface area contributed by atoms with Crippen LogP contribution in [0.25, 0.3) is 28.0 Å². The fourth-order valence-corrected chi connectivity index (χ4v) is 8.36. The molecule has 0 amide bonds. The minimum atomic E-state index is -0.788. The molecule has 47 heavy (non-hydrogen) atoms. The lowest BCUT2D eigenvalue weighted by atomic mass is 9.76. The zero-order chi connectivity index (χ0) is 31.6. The fourth-order valence-electron chi connectivity index (χ4n) is 8.36. The molecule has 4 aliphatic rings. The normalized spacial score (nSPS) is 21.2. The summed E-state index contributed by atoms with van der Waals surface area (Å²) >= 11 is 0. The summed E-state index contributed by atoms with van der Waals surface area (Å²) in [5.74, 6) is 0.957. The highest BCUT2D eigenvalue weighted by Crippen LogP contribution is 2.58. The maximum atomic E-state index is 7.59. The Labute approximate surface area is 277 Å². The first kappa shape index (κ1) is 28.6. The van der Waals surface area contributed by atoms with E-state index in [0.29, 0.717) is 0 Å². The number of hydrogen-bond donors (Lipinski definition) is 0. The predicted molar refractivity (Wildman–Crippen MR) is 191 cm³/mol. The Hall–Kier alpha value is -4.58. The number of ether oxygens (including phenoxy) is 3. The van der Waals surface area contributed by atoms with Gasteiger partial charge in [-0.05, 0) is 58.0 Å². The molecule has 3 heterocycles. The molecule has 0 saturated carbocycles. The minimum Gasteiger partial charge on any atom is -0.472 e. The lowest BCUT2D eigenvalue weighted by molar-refractivity contribution is 0.122. The molecule has 1 unspecified atom stereocenters. The molecule has 0 radical (unpaired) electrons. The van der Waals surface area contributed by atoms with Crippen molar-refractivity contribution in [3.63, 3.8) is 0 Å². The molecule has 1 aliphatic carbocycles. The SMILES string of the molecule is CC1(C)c2ccccc2-c2c1c1c(c3cc(N4CCOCC4)ccc23)OC(c2ccccc2)(c2ccc(N3CCOCC3)cc2)C=C1. The largest absolute Gasteiger partial charge is 0.472 e. The molecule has 2 fully saturated rings. The van der Waals surface area contributed by atoms with Gasteiger partial charge >= 0.3 is 0 Å². The Morgan fingerprint density at radius 1 is 0.617 bits per heavy atom. The van der Waals surface area contributed by atoms with Crippen LogP contribution < -0.4 is 14.5 Å². The number of rotatable bonds is 4. The first-order valence-corrected chi connectivity index (χ1v) is 17.0. The van der Waals surface area contributed by atoms with Gasteiger partial charge < -0.3 is 24.0 Å². The van der Waals surface area contributed by atoms with Gasteiger partial charge in [-0.25, -0.2) is 0 Å². The number of hydrogen-bond acceptors (Lipinski definition) is 5. The Morgan fingerprint density at radius 2 is 1.23 bits per heavy atom. The van der Waals surface area contributed by atoms with Crippen molar-refractivity contribution in [2.45, 2.75) is 24.9 Å². The van der Waals surface area contributed by atoms with Crippen LogP contribution in [0.1, 0.15) is 41.7 Å². The summed E-state index contributed by atoms with van der Waals surface area (Å²) in [5.41, 5.74) is 10.3. The van der Waals surface area contributed by atoms with Gasteiger partial charge in [0, 0.05) is 65.0 Å². The number of benzene rings is 5. The number of anilines is 2. The molecule has 0 aromatic heterocycles. The van der Waals surface area contributed by atoms with Crippen molar-refractivity contribution in [2.24, 2.45) is 0 Å². The van der Waals surface area contributed by atoms with E-state index < -0.39 is 5.60 Å². The van der Waals surface area contributed by atoms with Crippen molar-refractivity contribution in [3.05, 3.63) is 131 Å². The van der Waals surface area contributed by atoms with Crippen LogP contribution in [0.2, 0.25) is 0 Å². The molecular weight excluding hydrogens is 580 g/mol. The number of nitrogens with zero attached hydrogens (tertiary/aromatic N) is 2. The van der Waals surface area contributed by atoms with Crippen molar-refractivity contribution in [1.82, 2.24) is 0 Å². The fraction of sp³-hybridized carbons (Fsp3) is 0.286. The van der Waals surface area contributed by atoms with Crippen LogP contribution in [0.15, 0.2) is 103 Å². The molecule has 3 aliphatic heterocycles. The summed E-state index contributed by atoms with van der Waals surface area (Å²) in [6.45, 7) is 11.4. The molecule has 0 N–H and O–H groups in total. The summed E-state index contributed by atoms with van der Waals surface area (Å²) in [5, 5.41) is 2.40. The summed E-state index contributed by atoms with van der Waals surface area (Å²) in [6, 6.07) is 35.6. The zero-order valence-electron chi connectivity index (χ0n) is 27.2. The number of fused-ring (bicyclic) bond motifs is 8. The quantitative estimate of drug-likeness (QED) is 0.203. The highest BCUT2D eigenvalue weighted by Gasteiger charge is 2.44. The third kappa shape index (κ3) is 4.44. The van der Waals surface area contributed by atoms with E-state index in [1.807, 2.05) is 0 Å². The van der Waals surface area contributed by atoms with E-state index in [4.69, 9.17) is 14.2 Å². The van der Waals surface area contributed by atoms with E-state index in [1.54, 1.807) is 0 Å². The molecule has 0 spiro atoms. The van der Waals surface area contributed by atoms with E-state index in [-0.39, 0.29) is 5.41 Å².